The van der Waals surface area contributed by atoms with Crippen molar-refractivity contribution in [3.05, 3.63) is 146 Å². The first-order valence-electron chi connectivity index (χ1n) is 23.1. The van der Waals surface area contributed by atoms with Gasteiger partial charge in [0.25, 0.3) is 0 Å². The van der Waals surface area contributed by atoms with Crippen LogP contribution >= 0.6 is 0 Å². The number of aromatic nitrogens is 3. The number of halogens is 12. The van der Waals surface area contributed by atoms with E-state index < -0.39 is 88.6 Å². The maximum absolute atomic E-state index is 13.5. The van der Waals surface area contributed by atoms with E-state index in [0.717, 1.165) is 51.1 Å². The number of hydrogen-bond acceptors (Lipinski definition) is 8. The van der Waals surface area contributed by atoms with Gasteiger partial charge in [-0.1, -0.05) is 30.2 Å². The molecule has 0 spiro atoms. The van der Waals surface area contributed by atoms with Crippen molar-refractivity contribution in [1.82, 2.24) is 33.8 Å². The van der Waals surface area contributed by atoms with E-state index in [4.69, 9.17) is 17.5 Å². The molecule has 416 valence electrons. The van der Waals surface area contributed by atoms with Crippen LogP contribution in [0, 0.1) is 24.2 Å². The minimum absolute atomic E-state index is 0. The zero-order chi connectivity index (χ0) is 57.3. The number of H-pyrrole nitrogens is 1. The van der Waals surface area contributed by atoms with Crippen molar-refractivity contribution in [2.75, 3.05) is 52.4 Å². The van der Waals surface area contributed by atoms with E-state index in [1.807, 2.05) is 5.92 Å². The molecule has 2 saturated carbocycles. The first kappa shape index (κ1) is 62.0. The summed E-state index contributed by atoms with van der Waals surface area (Å²) in [5.41, 5.74) is 10.6. The maximum Gasteiger partial charge on any atom is 1.00 e. The Hall–Kier alpha value is -6.19. The van der Waals surface area contributed by atoms with Gasteiger partial charge in [0.2, 0.25) is 31.9 Å². The molecule has 2 aliphatic carbocycles. The molecule has 1 N–H and O–H groups in total. The summed E-state index contributed by atoms with van der Waals surface area (Å²) >= 11 is 0. The topological polar surface area (TPSA) is 216 Å². The molecule has 9 rings (SSSR count). The van der Waals surface area contributed by atoms with E-state index in [1.165, 1.54) is 45.2 Å². The molecular formula is C48H41F12N10NaO6S2. The summed E-state index contributed by atoms with van der Waals surface area (Å²) in [6.45, 7) is -0.347. The van der Waals surface area contributed by atoms with Gasteiger partial charge in [-0.05, 0) is 96.5 Å². The molecule has 4 aliphatic rings. The number of amides is 2. The van der Waals surface area contributed by atoms with Gasteiger partial charge < -0.3 is 20.9 Å². The van der Waals surface area contributed by atoms with Crippen molar-refractivity contribution in [1.29, 1.82) is 0 Å². The molecule has 16 nitrogen and oxygen atoms in total. The van der Waals surface area contributed by atoms with E-state index in [9.17, 15) is 79.1 Å². The molecule has 2 saturated heterocycles. The van der Waals surface area contributed by atoms with E-state index in [0.29, 0.717) is 42.2 Å². The Morgan fingerprint density at radius 2 is 0.937 bits per heavy atom. The number of carbonyl (C=O) groups is 2. The normalized spacial score (nSPS) is 20.0. The molecule has 1 aromatic heterocycles. The number of alkyl halides is 12. The fraction of sp³-hybridized carbons (Fsp3) is 0.375. The Balaban J connectivity index is 0.000000241. The number of aromatic amines is 1. The first-order valence-corrected chi connectivity index (χ1v) is 25.9. The molecule has 4 unspecified atom stereocenters. The largest absolute Gasteiger partial charge is 1.00 e. The number of piperazine rings is 2. The smallest absolute Gasteiger partial charge is 0.373 e. The number of terminal acetylenes is 1. The van der Waals surface area contributed by atoms with Crippen LogP contribution in [0.2, 0.25) is 0 Å². The van der Waals surface area contributed by atoms with Gasteiger partial charge in [-0.25, -0.2) is 16.8 Å². The van der Waals surface area contributed by atoms with Crippen LogP contribution in [0.3, 0.4) is 0 Å². The van der Waals surface area contributed by atoms with Crippen LogP contribution in [0.5, 0.6) is 0 Å². The Bertz CT molecular complexity index is 3320. The molecule has 79 heavy (non-hydrogen) atoms. The summed E-state index contributed by atoms with van der Waals surface area (Å²) in [6, 6.07) is 14.0. The number of carbonyl (C=O) groups excluding carboxylic acids is 2. The fourth-order valence-corrected chi connectivity index (χ4v) is 12.0. The molecule has 0 radical (unpaired) electrons. The third-order valence-electron chi connectivity index (χ3n) is 13.3. The van der Waals surface area contributed by atoms with Crippen molar-refractivity contribution < 1.29 is 109 Å². The summed E-state index contributed by atoms with van der Waals surface area (Å²) in [6.07, 6.45) is -11.2. The molecule has 4 fully saturated rings. The van der Waals surface area contributed by atoms with Gasteiger partial charge >= 0.3 is 54.3 Å². The minimum atomic E-state index is -4.80. The summed E-state index contributed by atoms with van der Waals surface area (Å²) in [5, 5.41) is 9.56. The second kappa shape index (κ2) is 23.9. The monoisotopic (exact) mass is 1170 g/mol. The molecule has 5 aromatic rings. The van der Waals surface area contributed by atoms with Crippen LogP contribution < -0.4 is 29.6 Å². The van der Waals surface area contributed by atoms with Gasteiger partial charge in [-0.2, -0.15) is 76.7 Å². The molecule has 4 atom stereocenters. The maximum atomic E-state index is 13.5. The van der Waals surface area contributed by atoms with Crippen molar-refractivity contribution in [3.8, 4) is 23.6 Å². The summed E-state index contributed by atoms with van der Waals surface area (Å²) in [5.74, 6) is 0.306. The number of rotatable bonds is 9. The predicted molar refractivity (Wildman–Crippen MR) is 252 cm³/mol. The first-order chi connectivity index (χ1) is 36.4. The zero-order valence-electron chi connectivity index (χ0n) is 40.9. The summed E-state index contributed by atoms with van der Waals surface area (Å²) in [7, 11) is -8.63. The molecule has 31 heteroatoms. The molecule has 2 aliphatic heterocycles. The van der Waals surface area contributed by atoms with Crippen LogP contribution in [0.4, 0.5) is 52.7 Å². The van der Waals surface area contributed by atoms with Crippen molar-refractivity contribution in [2.24, 2.45) is 11.8 Å². The average molecular weight is 1170 g/mol. The third-order valence-corrected chi connectivity index (χ3v) is 17.0. The average Bonchev–Trinajstić information content (AvgIpc) is 4.39. The quantitative estimate of drug-likeness (QED) is 0.0437. The summed E-state index contributed by atoms with van der Waals surface area (Å²) in [4.78, 5) is 29.2. The second-order valence-electron chi connectivity index (χ2n) is 18.2. The number of nitrogens with one attached hydrogen (secondary N) is 1. The SMILES string of the molecule is C#Cc1cc(C(F)(F)F)cc(S(=O)(=O)N2CCN(C(=O)C3CC3c3ccc(C(F)(F)F)cc3)CC2)c1.O=C(C1CC1c1ccc(C(F)(F)F)cc1)N1CCN(S(=O)(=O)c2cc(-c3cn[nH]n3)cc(C(F)(F)F)c2)CC1.[N-]=[N+]=[N-].[Na+]. The van der Waals surface area contributed by atoms with Gasteiger partial charge in [-0.15, -0.1) is 6.42 Å². The van der Waals surface area contributed by atoms with Crippen LogP contribution in [0.25, 0.3) is 27.2 Å². The molecule has 4 aromatic carbocycles. The van der Waals surface area contributed by atoms with Crippen molar-refractivity contribution in [2.45, 2.75) is 59.2 Å². The van der Waals surface area contributed by atoms with Gasteiger partial charge in [-0.3, -0.25) is 14.5 Å². The van der Waals surface area contributed by atoms with E-state index in [1.54, 1.807) is 0 Å². The fourth-order valence-electron chi connectivity index (χ4n) is 8.97. The predicted octanol–water partition coefficient (Wildman–Crippen LogP) is 6.36. The number of hydrogen-bond donors (Lipinski definition) is 1. The van der Waals surface area contributed by atoms with Crippen LogP contribution in [0.1, 0.15) is 63.6 Å². The zero-order valence-corrected chi connectivity index (χ0v) is 44.6. The standard InChI is InChI=1S/C24H21F6N5O3S.C24H20F6N2O3S.N3.Na/c25-23(26,27)16-3-1-14(2-4-16)19-12-20(19)22(36)34-5-7-35(8-6-34)39(37,38)18-10-15(21-13-31-33-32-21)9-17(11-18)24(28,29)30;1-2-15-11-18(24(28,29)30)13-19(12-15)36(34,35)32-9-7-31(8-10-32)22(33)21-14-20(21)16-3-5-17(6-4-16)23(25,26)27;1-3-2;/h1-4,9-11,13,19-20H,5-8,12H2,(H,31,32,33);1,3-6,11-13,20-21H,7-10,14H2;;/q;;-1;+1. The van der Waals surface area contributed by atoms with Gasteiger partial charge in [0.15, 0.2) is 0 Å². The number of benzene rings is 4. The summed E-state index contributed by atoms with van der Waals surface area (Å²) < 4.78 is 211. The molecule has 2 amide bonds. The molecular weight excluding hydrogens is 1130 g/mol. The van der Waals surface area contributed by atoms with Crippen molar-refractivity contribution in [3.63, 3.8) is 0 Å². The van der Waals surface area contributed by atoms with Gasteiger partial charge in [0.05, 0.1) is 38.2 Å². The molecule has 0 bridgehead atoms. The van der Waals surface area contributed by atoms with E-state index in [-0.39, 0.29) is 122 Å². The van der Waals surface area contributed by atoms with Crippen LogP contribution in [0.15, 0.2) is 101 Å². The Kier molecular flexibility index (Phi) is 18.7. The molecule has 3 heterocycles. The van der Waals surface area contributed by atoms with Crippen molar-refractivity contribution >= 4 is 31.9 Å². The Morgan fingerprint density at radius 1 is 0.570 bits per heavy atom. The Morgan fingerprint density at radius 3 is 1.28 bits per heavy atom. The van der Waals surface area contributed by atoms with Gasteiger partial charge in [0.1, 0.15) is 5.69 Å². The minimum Gasteiger partial charge on any atom is -0.373 e. The Labute approximate surface area is 464 Å². The van der Waals surface area contributed by atoms with E-state index >= 15 is 0 Å². The van der Waals surface area contributed by atoms with Crippen LogP contribution in [-0.4, -0.2) is 115 Å². The number of nitrogens with zero attached hydrogens (tertiary/aromatic N) is 9. The van der Waals surface area contributed by atoms with Gasteiger partial charge in [0, 0.05) is 75.3 Å². The number of sulfonamides is 2. The third kappa shape index (κ3) is 14.6. The van der Waals surface area contributed by atoms with Crippen LogP contribution in [-0.2, 0) is 54.3 Å². The van der Waals surface area contributed by atoms with E-state index in [2.05, 4.69) is 15.4 Å². The second-order valence-corrected chi connectivity index (χ2v) is 22.0.